The van der Waals surface area contributed by atoms with Gasteiger partial charge in [0, 0.05) is 34.1 Å². The first kappa shape index (κ1) is 9.13. The Morgan fingerprint density at radius 3 is 1.50 bits per heavy atom. The fraction of sp³-hybridized carbons (Fsp3) is 0.250. The molecular weight excluding hydrogens is 195 g/mol. The van der Waals surface area contributed by atoms with Crippen molar-refractivity contribution in [2.45, 2.75) is 12.8 Å². The van der Waals surface area contributed by atoms with Gasteiger partial charge in [0.1, 0.15) is 0 Å². The molecule has 0 aromatic carbocycles. The highest BCUT2D eigenvalue weighted by Gasteiger charge is 2.17. The average Bonchev–Trinajstić information content (AvgIpc) is 2.09. The van der Waals surface area contributed by atoms with Crippen LogP contribution < -0.4 is 0 Å². The fourth-order valence-electron chi connectivity index (χ4n) is 0.930. The van der Waals surface area contributed by atoms with E-state index in [-0.39, 0.29) is 0 Å². The fourth-order valence-corrected chi connectivity index (χ4v) is 1.33. The summed E-state index contributed by atoms with van der Waals surface area (Å²) in [5.74, 6) is 0. The van der Waals surface area contributed by atoms with Gasteiger partial charge in [-0.15, -0.1) is 0 Å². The van der Waals surface area contributed by atoms with Gasteiger partial charge in [-0.2, -0.15) is 10.5 Å². The molecule has 0 atom stereocenters. The smallest absolute Gasteiger partial charge is 0.0961 e. The standard InChI is InChI=1S/C8H4Cl2N2/c9-7-1-5(3-11)6(4-12)2-8(7)10/h1-2H2. The van der Waals surface area contributed by atoms with E-state index >= 15 is 0 Å². The van der Waals surface area contributed by atoms with Crippen molar-refractivity contribution in [3.05, 3.63) is 21.2 Å². The molecule has 0 aromatic rings. The molecule has 0 aromatic heterocycles. The molecule has 0 saturated carbocycles. The lowest BCUT2D eigenvalue weighted by molar-refractivity contribution is 1.08. The Balaban J connectivity index is 3.02. The summed E-state index contributed by atoms with van der Waals surface area (Å²) in [5.41, 5.74) is 0.846. The van der Waals surface area contributed by atoms with E-state index < -0.39 is 0 Å². The molecule has 1 aliphatic rings. The first-order chi connectivity index (χ1) is 5.69. The molecule has 12 heavy (non-hydrogen) atoms. The minimum Gasteiger partial charge on any atom is -0.193 e. The highest BCUT2D eigenvalue weighted by Crippen LogP contribution is 2.33. The second-order valence-corrected chi connectivity index (χ2v) is 3.26. The first-order valence-corrected chi connectivity index (χ1v) is 4.00. The Hall–Kier alpha value is -0.960. The molecule has 1 rings (SSSR count). The van der Waals surface area contributed by atoms with Crippen LogP contribution in [0.25, 0.3) is 0 Å². The van der Waals surface area contributed by atoms with E-state index in [1.54, 1.807) is 0 Å². The summed E-state index contributed by atoms with van der Waals surface area (Å²) in [6.45, 7) is 0. The van der Waals surface area contributed by atoms with Crippen molar-refractivity contribution in [1.82, 2.24) is 0 Å². The third-order valence-electron chi connectivity index (χ3n) is 1.59. The second-order valence-electron chi connectivity index (χ2n) is 2.34. The molecule has 0 heterocycles. The maximum atomic E-state index is 8.61. The van der Waals surface area contributed by atoms with Gasteiger partial charge in [-0.1, -0.05) is 23.2 Å². The van der Waals surface area contributed by atoms with E-state index in [2.05, 4.69) is 0 Å². The topological polar surface area (TPSA) is 47.6 Å². The van der Waals surface area contributed by atoms with Gasteiger partial charge >= 0.3 is 0 Å². The first-order valence-electron chi connectivity index (χ1n) is 3.24. The van der Waals surface area contributed by atoms with Crippen LogP contribution in [0.15, 0.2) is 21.2 Å². The predicted octanol–water partition coefficient (Wildman–Crippen LogP) is 2.81. The maximum absolute atomic E-state index is 8.61. The van der Waals surface area contributed by atoms with E-state index in [4.69, 9.17) is 33.7 Å². The van der Waals surface area contributed by atoms with Gasteiger partial charge in [-0.05, 0) is 0 Å². The predicted molar refractivity (Wildman–Crippen MR) is 46.2 cm³/mol. The third kappa shape index (κ3) is 1.61. The molecule has 4 heteroatoms. The van der Waals surface area contributed by atoms with Crippen LogP contribution in [0.1, 0.15) is 12.8 Å². The van der Waals surface area contributed by atoms with Crippen LogP contribution in [0.4, 0.5) is 0 Å². The highest BCUT2D eigenvalue weighted by molar-refractivity contribution is 6.39. The van der Waals surface area contributed by atoms with E-state index in [9.17, 15) is 0 Å². The summed E-state index contributed by atoms with van der Waals surface area (Å²) in [6.07, 6.45) is 0.583. The molecule has 0 fully saturated rings. The molecule has 60 valence electrons. The molecule has 0 N–H and O–H groups in total. The quantitative estimate of drug-likeness (QED) is 0.602. The molecule has 0 unspecified atom stereocenters. The number of nitriles is 2. The van der Waals surface area contributed by atoms with Gasteiger partial charge in [0.2, 0.25) is 0 Å². The van der Waals surface area contributed by atoms with Crippen LogP contribution in [0.2, 0.25) is 0 Å². The van der Waals surface area contributed by atoms with Crippen LogP contribution in [0.5, 0.6) is 0 Å². The second kappa shape index (κ2) is 3.63. The van der Waals surface area contributed by atoms with Crippen molar-refractivity contribution in [2.75, 3.05) is 0 Å². The summed E-state index contributed by atoms with van der Waals surface area (Å²) in [7, 11) is 0. The number of halogens is 2. The summed E-state index contributed by atoms with van der Waals surface area (Å²) < 4.78 is 0. The van der Waals surface area contributed by atoms with Crippen LogP contribution in [0.3, 0.4) is 0 Å². The van der Waals surface area contributed by atoms with E-state index in [0.717, 1.165) is 0 Å². The van der Waals surface area contributed by atoms with Crippen LogP contribution in [0, 0.1) is 22.7 Å². The van der Waals surface area contributed by atoms with Crippen molar-refractivity contribution in [3.8, 4) is 12.1 Å². The largest absolute Gasteiger partial charge is 0.193 e. The SMILES string of the molecule is N#CC1=C(C#N)CC(Cl)=C(Cl)C1. The van der Waals surface area contributed by atoms with Crippen LogP contribution >= 0.6 is 23.2 Å². The lowest BCUT2D eigenvalue weighted by Crippen LogP contribution is -1.97. The number of allylic oxidation sites excluding steroid dienone is 4. The van der Waals surface area contributed by atoms with Gasteiger partial charge in [0.25, 0.3) is 0 Å². The number of hydrogen-bond donors (Lipinski definition) is 0. The molecule has 0 bridgehead atoms. The van der Waals surface area contributed by atoms with Crippen molar-refractivity contribution in [1.29, 1.82) is 10.5 Å². The van der Waals surface area contributed by atoms with Gasteiger partial charge in [-0.25, -0.2) is 0 Å². The van der Waals surface area contributed by atoms with Crippen LogP contribution in [-0.4, -0.2) is 0 Å². The molecule has 0 amide bonds. The van der Waals surface area contributed by atoms with Gasteiger partial charge in [0.05, 0.1) is 12.1 Å². The van der Waals surface area contributed by atoms with Crippen molar-refractivity contribution >= 4 is 23.2 Å². The lowest BCUT2D eigenvalue weighted by atomic mass is 9.99. The minimum absolute atomic E-state index is 0.291. The van der Waals surface area contributed by atoms with Gasteiger partial charge in [0.15, 0.2) is 0 Å². The van der Waals surface area contributed by atoms with Crippen LogP contribution in [-0.2, 0) is 0 Å². The van der Waals surface area contributed by atoms with Crippen molar-refractivity contribution in [3.63, 3.8) is 0 Å². The molecule has 0 saturated heterocycles. The minimum atomic E-state index is 0.291. The lowest BCUT2D eigenvalue weighted by Gasteiger charge is -2.10. The number of hydrogen-bond acceptors (Lipinski definition) is 2. The summed E-state index contributed by atoms with van der Waals surface area (Å²) in [5, 5.41) is 18.2. The Morgan fingerprint density at radius 1 is 0.917 bits per heavy atom. The zero-order chi connectivity index (χ0) is 9.14. The number of nitrogens with zero attached hydrogens (tertiary/aromatic N) is 2. The summed E-state index contributed by atoms with van der Waals surface area (Å²) in [4.78, 5) is 0. The van der Waals surface area contributed by atoms with E-state index in [1.807, 2.05) is 12.1 Å². The monoisotopic (exact) mass is 198 g/mol. The third-order valence-corrected chi connectivity index (χ3v) is 2.41. The Morgan fingerprint density at radius 2 is 1.25 bits per heavy atom. The molecule has 0 spiro atoms. The summed E-state index contributed by atoms with van der Waals surface area (Å²) in [6, 6.07) is 3.87. The zero-order valence-electron chi connectivity index (χ0n) is 6.06. The molecule has 2 nitrogen and oxygen atoms in total. The van der Waals surface area contributed by atoms with Crippen molar-refractivity contribution in [2.24, 2.45) is 0 Å². The maximum Gasteiger partial charge on any atom is 0.0961 e. The number of rotatable bonds is 0. The van der Waals surface area contributed by atoms with Crippen molar-refractivity contribution < 1.29 is 0 Å². The van der Waals surface area contributed by atoms with E-state index in [1.165, 1.54) is 0 Å². The molecule has 1 aliphatic carbocycles. The van der Waals surface area contributed by atoms with E-state index in [0.29, 0.717) is 34.1 Å². The highest BCUT2D eigenvalue weighted by atomic mass is 35.5. The summed E-state index contributed by atoms with van der Waals surface area (Å²) >= 11 is 11.4. The Labute approximate surface area is 80.3 Å². The molecular formula is C8H4Cl2N2. The molecule has 0 radical (unpaired) electrons. The Bertz CT molecular complexity index is 318. The zero-order valence-corrected chi connectivity index (χ0v) is 7.58. The normalized spacial score (nSPS) is 17.3. The average molecular weight is 199 g/mol. The molecule has 0 aliphatic heterocycles. The Kier molecular flexibility index (Phi) is 2.76. The van der Waals surface area contributed by atoms with Gasteiger partial charge < -0.3 is 0 Å². The van der Waals surface area contributed by atoms with Gasteiger partial charge in [-0.3, -0.25) is 0 Å².